The Morgan fingerprint density at radius 2 is 2.00 bits per heavy atom. The molecule has 0 saturated carbocycles. The molecule has 0 aliphatic heterocycles. The van der Waals surface area contributed by atoms with E-state index in [2.05, 4.69) is 21.9 Å². The minimum Gasteiger partial charge on any atom is -0.342 e. The number of hydrogen-bond acceptors (Lipinski definition) is 2. The number of nitrogens with one attached hydrogen (secondary N) is 1. The van der Waals surface area contributed by atoms with Crippen LogP contribution in [0.4, 0.5) is 0 Å². The molecule has 0 fully saturated rings. The molecule has 2 aromatic rings. The number of nitrogens with zero attached hydrogens (tertiary/aromatic N) is 2. The Morgan fingerprint density at radius 3 is 2.75 bits per heavy atom. The minimum atomic E-state index is 0.885. The Labute approximate surface area is 70.9 Å². The third-order valence-electron chi connectivity index (χ3n) is 2.12. The summed E-state index contributed by atoms with van der Waals surface area (Å²) < 4.78 is 0. The molecule has 0 amide bonds. The number of aromatic nitrogens is 3. The largest absolute Gasteiger partial charge is 0.342 e. The molecular formula is C9H11N3. The van der Waals surface area contributed by atoms with Gasteiger partial charge >= 0.3 is 0 Å². The van der Waals surface area contributed by atoms with Crippen LogP contribution in [0.15, 0.2) is 6.20 Å². The molecule has 0 aliphatic carbocycles. The minimum absolute atomic E-state index is 0.885. The van der Waals surface area contributed by atoms with E-state index in [0.717, 1.165) is 22.6 Å². The van der Waals surface area contributed by atoms with Crippen molar-refractivity contribution in [1.29, 1.82) is 0 Å². The zero-order valence-electron chi connectivity index (χ0n) is 7.47. The first kappa shape index (κ1) is 7.28. The SMILES string of the molecule is Cc1cnc2[nH]c(C)c(C)c2n1. The normalized spacial score (nSPS) is 10.9. The van der Waals surface area contributed by atoms with E-state index in [9.17, 15) is 0 Å². The predicted octanol–water partition coefficient (Wildman–Crippen LogP) is 1.88. The van der Waals surface area contributed by atoms with E-state index in [1.54, 1.807) is 6.20 Å². The van der Waals surface area contributed by atoms with Crippen LogP contribution >= 0.6 is 0 Å². The highest BCUT2D eigenvalue weighted by atomic mass is 14.9. The topological polar surface area (TPSA) is 41.6 Å². The Balaban J connectivity index is 2.88. The monoisotopic (exact) mass is 161 g/mol. The van der Waals surface area contributed by atoms with Crippen molar-refractivity contribution in [3.05, 3.63) is 23.1 Å². The number of aromatic amines is 1. The number of hydrogen-bond donors (Lipinski definition) is 1. The lowest BCUT2D eigenvalue weighted by molar-refractivity contribution is 1.17. The average Bonchev–Trinajstić information content (AvgIpc) is 2.31. The van der Waals surface area contributed by atoms with Crippen LogP contribution in [0.5, 0.6) is 0 Å². The maximum Gasteiger partial charge on any atom is 0.156 e. The van der Waals surface area contributed by atoms with Gasteiger partial charge in [0.1, 0.15) is 5.52 Å². The molecular weight excluding hydrogens is 150 g/mol. The van der Waals surface area contributed by atoms with E-state index in [0.29, 0.717) is 0 Å². The number of aryl methyl sites for hydroxylation is 3. The van der Waals surface area contributed by atoms with Gasteiger partial charge in [0, 0.05) is 5.69 Å². The van der Waals surface area contributed by atoms with Crippen LogP contribution in [0.3, 0.4) is 0 Å². The maximum atomic E-state index is 4.40. The van der Waals surface area contributed by atoms with Crippen LogP contribution in [-0.4, -0.2) is 15.0 Å². The second-order valence-corrected chi connectivity index (χ2v) is 3.08. The fourth-order valence-electron chi connectivity index (χ4n) is 1.28. The molecule has 1 N–H and O–H groups in total. The standard InChI is InChI=1S/C9H11N3/c1-5-4-10-9-8(11-5)6(2)7(3)12-9/h4H,1-3H3,(H,10,12). The first-order chi connectivity index (χ1) is 5.68. The molecule has 0 aliphatic rings. The van der Waals surface area contributed by atoms with E-state index in [4.69, 9.17) is 0 Å². The summed E-state index contributed by atoms with van der Waals surface area (Å²) in [5.41, 5.74) is 5.18. The van der Waals surface area contributed by atoms with Crippen LogP contribution in [-0.2, 0) is 0 Å². The third kappa shape index (κ3) is 0.897. The van der Waals surface area contributed by atoms with Gasteiger partial charge in [0.15, 0.2) is 5.65 Å². The van der Waals surface area contributed by atoms with Gasteiger partial charge < -0.3 is 4.98 Å². The molecule has 3 nitrogen and oxygen atoms in total. The third-order valence-corrected chi connectivity index (χ3v) is 2.12. The lowest BCUT2D eigenvalue weighted by atomic mass is 10.2. The zero-order chi connectivity index (χ0) is 8.72. The van der Waals surface area contributed by atoms with E-state index in [-0.39, 0.29) is 0 Å². The van der Waals surface area contributed by atoms with Crippen molar-refractivity contribution >= 4 is 11.2 Å². The molecule has 2 rings (SSSR count). The fourth-order valence-corrected chi connectivity index (χ4v) is 1.28. The smallest absolute Gasteiger partial charge is 0.156 e. The van der Waals surface area contributed by atoms with Gasteiger partial charge in [-0.2, -0.15) is 0 Å². The molecule has 0 radical (unpaired) electrons. The number of H-pyrrole nitrogens is 1. The Kier molecular flexibility index (Phi) is 1.40. The second-order valence-electron chi connectivity index (χ2n) is 3.08. The summed E-state index contributed by atoms with van der Waals surface area (Å²) in [5.74, 6) is 0. The molecule has 0 unspecified atom stereocenters. The molecule has 62 valence electrons. The van der Waals surface area contributed by atoms with Crippen molar-refractivity contribution in [3.8, 4) is 0 Å². The lowest BCUT2D eigenvalue weighted by Gasteiger charge is -1.91. The highest BCUT2D eigenvalue weighted by Crippen LogP contribution is 2.16. The highest BCUT2D eigenvalue weighted by Gasteiger charge is 2.05. The molecule has 0 aromatic carbocycles. The predicted molar refractivity (Wildman–Crippen MR) is 48.1 cm³/mol. The molecule has 0 bridgehead atoms. The van der Waals surface area contributed by atoms with Gasteiger partial charge in [-0.3, -0.25) is 0 Å². The summed E-state index contributed by atoms with van der Waals surface area (Å²) in [6, 6.07) is 0. The van der Waals surface area contributed by atoms with E-state index in [1.807, 2.05) is 13.8 Å². The summed E-state index contributed by atoms with van der Waals surface area (Å²) in [7, 11) is 0. The second kappa shape index (κ2) is 2.30. The van der Waals surface area contributed by atoms with Gasteiger partial charge in [-0.15, -0.1) is 0 Å². The van der Waals surface area contributed by atoms with Crippen LogP contribution < -0.4 is 0 Å². The molecule has 2 heterocycles. The van der Waals surface area contributed by atoms with E-state index in [1.165, 1.54) is 5.56 Å². The highest BCUT2D eigenvalue weighted by molar-refractivity contribution is 5.76. The first-order valence-electron chi connectivity index (χ1n) is 3.97. The summed E-state index contributed by atoms with van der Waals surface area (Å²) >= 11 is 0. The van der Waals surface area contributed by atoms with Gasteiger partial charge in [0.05, 0.1) is 11.9 Å². The molecule has 0 atom stereocenters. The van der Waals surface area contributed by atoms with Crippen molar-refractivity contribution in [2.75, 3.05) is 0 Å². The Morgan fingerprint density at radius 1 is 1.25 bits per heavy atom. The summed E-state index contributed by atoms with van der Waals surface area (Å²) in [6.45, 7) is 6.05. The van der Waals surface area contributed by atoms with E-state index >= 15 is 0 Å². The first-order valence-corrected chi connectivity index (χ1v) is 3.97. The summed E-state index contributed by atoms with van der Waals surface area (Å²) in [5, 5.41) is 0. The molecule has 3 heteroatoms. The van der Waals surface area contributed by atoms with Crippen molar-refractivity contribution < 1.29 is 0 Å². The lowest BCUT2D eigenvalue weighted by Crippen LogP contribution is -1.84. The van der Waals surface area contributed by atoms with Gasteiger partial charge in [0.2, 0.25) is 0 Å². The van der Waals surface area contributed by atoms with Gasteiger partial charge in [0.25, 0.3) is 0 Å². The zero-order valence-corrected chi connectivity index (χ0v) is 7.47. The number of fused-ring (bicyclic) bond motifs is 1. The molecule has 0 saturated heterocycles. The van der Waals surface area contributed by atoms with Crippen LogP contribution in [0.25, 0.3) is 11.2 Å². The quantitative estimate of drug-likeness (QED) is 0.641. The van der Waals surface area contributed by atoms with Crippen LogP contribution in [0.2, 0.25) is 0 Å². The molecule has 2 aromatic heterocycles. The number of rotatable bonds is 0. The molecule has 12 heavy (non-hydrogen) atoms. The Bertz CT molecular complexity index is 429. The van der Waals surface area contributed by atoms with Crippen molar-refractivity contribution in [1.82, 2.24) is 15.0 Å². The van der Waals surface area contributed by atoms with Crippen LogP contribution in [0.1, 0.15) is 17.0 Å². The maximum absolute atomic E-state index is 4.40. The average molecular weight is 161 g/mol. The van der Waals surface area contributed by atoms with Gasteiger partial charge in [-0.1, -0.05) is 0 Å². The van der Waals surface area contributed by atoms with Gasteiger partial charge in [-0.05, 0) is 26.3 Å². The summed E-state index contributed by atoms with van der Waals surface area (Å²) in [6.07, 6.45) is 1.78. The summed E-state index contributed by atoms with van der Waals surface area (Å²) in [4.78, 5) is 11.8. The Hall–Kier alpha value is -1.38. The van der Waals surface area contributed by atoms with E-state index < -0.39 is 0 Å². The molecule has 0 spiro atoms. The van der Waals surface area contributed by atoms with Crippen LogP contribution in [0, 0.1) is 20.8 Å². The van der Waals surface area contributed by atoms with Crippen molar-refractivity contribution in [3.63, 3.8) is 0 Å². The van der Waals surface area contributed by atoms with Crippen molar-refractivity contribution in [2.45, 2.75) is 20.8 Å². The van der Waals surface area contributed by atoms with Crippen molar-refractivity contribution in [2.24, 2.45) is 0 Å². The van der Waals surface area contributed by atoms with Gasteiger partial charge in [-0.25, -0.2) is 9.97 Å². The fraction of sp³-hybridized carbons (Fsp3) is 0.333.